The summed E-state index contributed by atoms with van der Waals surface area (Å²) in [7, 11) is 0. The van der Waals surface area contributed by atoms with Gasteiger partial charge in [0.25, 0.3) is 0 Å². The average Bonchev–Trinajstić information content (AvgIpc) is 2.98. The lowest BCUT2D eigenvalue weighted by molar-refractivity contribution is -0.160. The van der Waals surface area contributed by atoms with E-state index >= 15 is 0 Å². The molecule has 3 unspecified atom stereocenters. The Bertz CT molecular complexity index is 678. The number of likely N-dealkylation sites (tertiary alicyclic amines) is 1. The fraction of sp³-hybridized carbons (Fsp3) is 0.579. The Morgan fingerprint density at radius 3 is 2.71 bits per heavy atom. The number of carbonyl (C=O) groups is 1. The lowest BCUT2D eigenvalue weighted by Gasteiger charge is -2.29. The number of hydrogen-bond donors (Lipinski definition) is 1. The fourth-order valence-corrected chi connectivity index (χ4v) is 4.09. The van der Waals surface area contributed by atoms with Crippen LogP contribution in [-0.2, 0) is 16.0 Å². The number of ether oxygens (including phenoxy) is 1. The molecule has 0 bridgehead atoms. The van der Waals surface area contributed by atoms with Gasteiger partial charge in [0.05, 0.1) is 22.5 Å². The van der Waals surface area contributed by atoms with E-state index < -0.39 is 17.1 Å². The molecule has 1 aromatic carbocycles. The first kappa shape index (κ1) is 17.4. The van der Waals surface area contributed by atoms with Crippen LogP contribution < -0.4 is 5.73 Å². The van der Waals surface area contributed by atoms with Gasteiger partial charge in [0, 0.05) is 6.54 Å². The van der Waals surface area contributed by atoms with Crippen molar-refractivity contribution in [1.82, 2.24) is 4.90 Å². The highest BCUT2D eigenvalue weighted by Crippen LogP contribution is 2.42. The van der Waals surface area contributed by atoms with Crippen LogP contribution in [0.3, 0.4) is 0 Å². The molecule has 1 heterocycles. The van der Waals surface area contributed by atoms with E-state index in [-0.39, 0.29) is 12.0 Å². The van der Waals surface area contributed by atoms with Crippen LogP contribution in [0.25, 0.3) is 0 Å². The maximum Gasteiger partial charge on any atom is 0.313 e. The lowest BCUT2D eigenvalue weighted by Crippen LogP contribution is -2.51. The summed E-state index contributed by atoms with van der Waals surface area (Å²) in [4.78, 5) is 15.5. The largest absolute Gasteiger partial charge is 0.460 e. The van der Waals surface area contributed by atoms with E-state index in [0.717, 1.165) is 12.8 Å². The second-order valence-corrected chi connectivity index (χ2v) is 8.47. The highest BCUT2D eigenvalue weighted by molar-refractivity contribution is 7.80. The topological polar surface area (TPSA) is 55.6 Å². The molecule has 0 spiro atoms. The summed E-state index contributed by atoms with van der Waals surface area (Å²) >= 11 is 5.67. The van der Waals surface area contributed by atoms with Crippen LogP contribution in [0.4, 0.5) is 0 Å². The smallest absolute Gasteiger partial charge is 0.313 e. The first-order valence-electron chi connectivity index (χ1n) is 8.52. The molecule has 5 heteroatoms. The normalized spacial score (nSPS) is 29.7. The van der Waals surface area contributed by atoms with E-state index in [9.17, 15) is 4.79 Å². The second-order valence-electron chi connectivity index (χ2n) is 8.08. The molecule has 1 aromatic rings. The third-order valence-corrected chi connectivity index (χ3v) is 5.67. The molecule has 2 N–H and O–H groups in total. The number of rotatable bonds is 2. The summed E-state index contributed by atoms with van der Waals surface area (Å²) in [5, 5.41) is 0. The predicted molar refractivity (Wildman–Crippen MR) is 98.7 cm³/mol. The molecule has 1 saturated heterocycles. The van der Waals surface area contributed by atoms with Crippen molar-refractivity contribution in [2.24, 2.45) is 11.7 Å². The van der Waals surface area contributed by atoms with Gasteiger partial charge in [0.15, 0.2) is 0 Å². The molecule has 0 saturated carbocycles. The minimum absolute atomic E-state index is 0.212. The van der Waals surface area contributed by atoms with E-state index in [1.807, 2.05) is 27.7 Å². The first-order valence-corrected chi connectivity index (χ1v) is 8.92. The Morgan fingerprint density at radius 2 is 2.04 bits per heavy atom. The Balaban J connectivity index is 1.85. The second kappa shape index (κ2) is 5.81. The molecule has 3 rings (SSSR count). The number of hydrogen-bond acceptors (Lipinski definition) is 4. The minimum atomic E-state index is -0.852. The Morgan fingerprint density at radius 1 is 1.38 bits per heavy atom. The molecular weight excluding hydrogens is 320 g/mol. The maximum atomic E-state index is 12.6. The van der Waals surface area contributed by atoms with Gasteiger partial charge in [-0.25, -0.2) is 0 Å². The van der Waals surface area contributed by atoms with E-state index in [1.54, 1.807) is 0 Å². The summed E-state index contributed by atoms with van der Waals surface area (Å²) in [5.41, 5.74) is 7.77. The van der Waals surface area contributed by atoms with Gasteiger partial charge in [-0.05, 0) is 51.7 Å². The van der Waals surface area contributed by atoms with Crippen LogP contribution in [0.1, 0.15) is 51.3 Å². The molecular formula is C19H26N2O2S. The van der Waals surface area contributed by atoms with Crippen LogP contribution in [0.2, 0.25) is 0 Å². The summed E-state index contributed by atoms with van der Waals surface area (Å²) in [6, 6.07) is 8.67. The van der Waals surface area contributed by atoms with Crippen molar-refractivity contribution in [2.75, 3.05) is 6.54 Å². The molecule has 0 amide bonds. The van der Waals surface area contributed by atoms with Crippen molar-refractivity contribution >= 4 is 23.2 Å². The average molecular weight is 346 g/mol. The van der Waals surface area contributed by atoms with Crippen molar-refractivity contribution in [1.29, 1.82) is 0 Å². The fourth-order valence-electron chi connectivity index (χ4n) is 3.75. The molecule has 0 aromatic heterocycles. The number of benzene rings is 1. The highest BCUT2D eigenvalue weighted by atomic mass is 32.1. The summed E-state index contributed by atoms with van der Waals surface area (Å²) in [6.45, 7) is 8.00. The zero-order valence-corrected chi connectivity index (χ0v) is 15.7. The highest BCUT2D eigenvalue weighted by Gasteiger charge is 2.52. The van der Waals surface area contributed by atoms with E-state index in [0.29, 0.717) is 11.5 Å². The Hall–Kier alpha value is -1.46. The van der Waals surface area contributed by atoms with Crippen molar-refractivity contribution in [3.8, 4) is 0 Å². The molecule has 1 aliphatic carbocycles. The molecule has 4 nitrogen and oxygen atoms in total. The molecule has 3 atom stereocenters. The van der Waals surface area contributed by atoms with Gasteiger partial charge in [0.2, 0.25) is 0 Å². The third-order valence-electron chi connectivity index (χ3n) is 4.99. The van der Waals surface area contributed by atoms with Crippen LogP contribution in [0, 0.1) is 5.92 Å². The minimum Gasteiger partial charge on any atom is -0.460 e. The van der Waals surface area contributed by atoms with Gasteiger partial charge in [0.1, 0.15) is 5.60 Å². The van der Waals surface area contributed by atoms with E-state index in [1.165, 1.54) is 11.1 Å². The van der Waals surface area contributed by atoms with Crippen molar-refractivity contribution < 1.29 is 9.53 Å². The monoisotopic (exact) mass is 346 g/mol. The zero-order chi connectivity index (χ0) is 17.7. The Labute approximate surface area is 149 Å². The molecule has 130 valence electrons. The van der Waals surface area contributed by atoms with Crippen LogP contribution in [0.5, 0.6) is 0 Å². The van der Waals surface area contributed by atoms with E-state index in [2.05, 4.69) is 29.2 Å². The van der Waals surface area contributed by atoms with E-state index in [4.69, 9.17) is 22.7 Å². The van der Waals surface area contributed by atoms with Gasteiger partial charge in [-0.3, -0.25) is 4.79 Å². The maximum absolute atomic E-state index is 12.6. The van der Waals surface area contributed by atoms with Crippen molar-refractivity contribution in [3.05, 3.63) is 35.4 Å². The predicted octanol–water partition coefficient (Wildman–Crippen LogP) is 2.99. The van der Waals surface area contributed by atoms with Crippen molar-refractivity contribution in [2.45, 2.75) is 57.7 Å². The van der Waals surface area contributed by atoms with Gasteiger partial charge in [-0.2, -0.15) is 0 Å². The molecule has 1 fully saturated rings. The first-order chi connectivity index (χ1) is 11.1. The lowest BCUT2D eigenvalue weighted by atomic mass is 9.90. The molecule has 0 radical (unpaired) electrons. The van der Waals surface area contributed by atoms with Crippen LogP contribution in [0.15, 0.2) is 24.3 Å². The number of esters is 1. The SMILES string of the molecule is CC(C)(C)OC(=O)C1CN(C2CCc3ccccc32)C(=S)C1(C)N. The van der Waals surface area contributed by atoms with Crippen LogP contribution >= 0.6 is 12.2 Å². The number of nitrogens with zero attached hydrogens (tertiary/aromatic N) is 1. The number of fused-ring (bicyclic) bond motifs is 1. The van der Waals surface area contributed by atoms with Crippen LogP contribution in [-0.4, -0.2) is 33.5 Å². The third kappa shape index (κ3) is 2.95. The summed E-state index contributed by atoms with van der Waals surface area (Å²) in [5.74, 6) is -0.694. The summed E-state index contributed by atoms with van der Waals surface area (Å²) < 4.78 is 5.58. The quantitative estimate of drug-likeness (QED) is 0.659. The summed E-state index contributed by atoms with van der Waals surface area (Å²) in [6.07, 6.45) is 2.05. The molecule has 1 aliphatic heterocycles. The van der Waals surface area contributed by atoms with Gasteiger partial charge < -0.3 is 15.4 Å². The number of carbonyl (C=O) groups excluding carboxylic acids is 1. The molecule has 24 heavy (non-hydrogen) atoms. The van der Waals surface area contributed by atoms with Gasteiger partial charge in [-0.15, -0.1) is 0 Å². The standard InChI is InChI=1S/C19H26N2O2S/c1-18(2,3)23-16(22)14-11-21(17(24)19(14,4)20)15-10-9-12-7-5-6-8-13(12)15/h5-8,14-15H,9-11,20H2,1-4H3. The molecule has 2 aliphatic rings. The van der Waals surface area contributed by atoms with Crippen molar-refractivity contribution in [3.63, 3.8) is 0 Å². The van der Waals surface area contributed by atoms with Gasteiger partial charge >= 0.3 is 5.97 Å². The zero-order valence-electron chi connectivity index (χ0n) is 14.8. The number of nitrogens with two attached hydrogens (primary N) is 1. The number of thiocarbonyl (C=S) groups is 1. The van der Waals surface area contributed by atoms with Gasteiger partial charge in [-0.1, -0.05) is 36.5 Å². The Kier molecular flexibility index (Phi) is 4.21. The number of aryl methyl sites for hydroxylation is 1.